The van der Waals surface area contributed by atoms with E-state index in [0.29, 0.717) is 25.2 Å². The maximum Gasteiger partial charge on any atom is 0.320 e. The number of esters is 1. The maximum atomic E-state index is 13.4. The second-order valence-corrected chi connectivity index (χ2v) is 9.00. The molecule has 0 amide bonds. The Kier molecular flexibility index (Phi) is 2.49. The molecular formula is C19H24O5. The normalized spacial score (nSPS) is 58.0. The molecule has 0 aromatic rings. The van der Waals surface area contributed by atoms with E-state index in [4.69, 9.17) is 9.47 Å². The van der Waals surface area contributed by atoms with Gasteiger partial charge in [0, 0.05) is 17.3 Å². The first-order chi connectivity index (χ1) is 11.3. The molecule has 6 aliphatic rings. The van der Waals surface area contributed by atoms with E-state index in [-0.39, 0.29) is 29.9 Å². The van der Waals surface area contributed by atoms with Crippen LogP contribution in [0.2, 0.25) is 0 Å². The summed E-state index contributed by atoms with van der Waals surface area (Å²) in [6.45, 7) is 6.51. The standard InChI is InChI=1S/C19H24O5/c1-10-4-5-12(20)17-6-13(21)19-11(2)7-23-15(22)18(19,8-17)9-24-14(19)16(10,17)3/h7,10,12,14,20H,4-6,8-9H2,1-3H3/t10-,12+,14+,16-,17-,18+,19-/m1/s1. The third kappa shape index (κ3) is 1.11. The van der Waals surface area contributed by atoms with E-state index in [0.717, 1.165) is 12.0 Å². The molecule has 5 heteroatoms. The molecule has 0 aromatic heterocycles. The minimum Gasteiger partial charge on any atom is -0.434 e. The van der Waals surface area contributed by atoms with Crippen LogP contribution in [0.1, 0.15) is 46.5 Å². The predicted octanol–water partition coefficient (Wildman–Crippen LogP) is 1.98. The highest BCUT2D eigenvalue weighted by atomic mass is 16.5. The van der Waals surface area contributed by atoms with Crippen molar-refractivity contribution in [3.63, 3.8) is 0 Å². The zero-order valence-electron chi connectivity index (χ0n) is 14.4. The van der Waals surface area contributed by atoms with Gasteiger partial charge in [0.1, 0.15) is 11.2 Å². The summed E-state index contributed by atoms with van der Waals surface area (Å²) >= 11 is 0. The molecule has 1 saturated heterocycles. The van der Waals surface area contributed by atoms with Crippen LogP contribution in [0, 0.1) is 27.6 Å². The van der Waals surface area contributed by atoms with Crippen molar-refractivity contribution >= 4 is 11.8 Å². The van der Waals surface area contributed by atoms with Crippen LogP contribution in [0.15, 0.2) is 11.8 Å². The second-order valence-electron chi connectivity index (χ2n) is 9.00. The molecule has 2 aliphatic heterocycles. The van der Waals surface area contributed by atoms with Gasteiger partial charge in [-0.25, -0.2) is 0 Å². The van der Waals surface area contributed by atoms with Gasteiger partial charge in [0.25, 0.3) is 0 Å². The number of carbonyl (C=O) groups is 2. The topological polar surface area (TPSA) is 72.8 Å². The monoisotopic (exact) mass is 332 g/mol. The third-order valence-corrected chi connectivity index (χ3v) is 8.69. The van der Waals surface area contributed by atoms with Gasteiger partial charge in [-0.2, -0.15) is 0 Å². The van der Waals surface area contributed by atoms with Crippen molar-refractivity contribution in [1.29, 1.82) is 0 Å². The van der Waals surface area contributed by atoms with Gasteiger partial charge in [-0.3, -0.25) is 9.59 Å². The van der Waals surface area contributed by atoms with Gasteiger partial charge in [0.2, 0.25) is 0 Å². The number of hydrogen-bond acceptors (Lipinski definition) is 5. The highest BCUT2D eigenvalue weighted by Crippen LogP contribution is 2.80. The molecule has 2 spiro atoms. The minimum absolute atomic E-state index is 0.0623. The summed E-state index contributed by atoms with van der Waals surface area (Å²) in [5.41, 5.74) is -1.93. The third-order valence-electron chi connectivity index (χ3n) is 8.69. The number of hydrogen-bond donors (Lipinski definition) is 1. The fourth-order valence-electron chi connectivity index (χ4n) is 7.38. The summed E-state index contributed by atoms with van der Waals surface area (Å²) in [6, 6.07) is 0. The van der Waals surface area contributed by atoms with E-state index in [1.807, 2.05) is 6.92 Å². The number of rotatable bonds is 0. The van der Waals surface area contributed by atoms with Gasteiger partial charge in [0.15, 0.2) is 0 Å². The molecule has 130 valence electrons. The Labute approximate surface area is 141 Å². The fraction of sp³-hybridized carbons (Fsp3) is 0.789. The first kappa shape index (κ1) is 15.1. The summed E-state index contributed by atoms with van der Waals surface area (Å²) in [5.74, 6) is 0.0421. The summed E-state index contributed by atoms with van der Waals surface area (Å²) in [6.07, 6.45) is 2.98. The molecular weight excluding hydrogens is 308 g/mol. The Morgan fingerprint density at radius 2 is 2.04 bits per heavy atom. The second kappa shape index (κ2) is 3.96. The first-order valence-electron chi connectivity index (χ1n) is 8.99. The SMILES string of the molecule is CC1=COC(=O)[C@]23CO[C@@H]4[C@]12C(=O)C[C@@]1(C3)[C@@H](O)CC[C@@H](C)[C@]41C. The molecule has 0 unspecified atom stereocenters. The van der Waals surface area contributed by atoms with Crippen molar-refractivity contribution in [2.24, 2.45) is 27.6 Å². The quantitative estimate of drug-likeness (QED) is 0.687. The molecule has 0 radical (unpaired) electrons. The van der Waals surface area contributed by atoms with E-state index in [1.54, 1.807) is 0 Å². The fourth-order valence-corrected chi connectivity index (χ4v) is 7.38. The zero-order valence-corrected chi connectivity index (χ0v) is 14.4. The van der Waals surface area contributed by atoms with E-state index < -0.39 is 22.3 Å². The number of ketones is 1. The summed E-state index contributed by atoms with van der Waals surface area (Å²) in [5, 5.41) is 11.0. The summed E-state index contributed by atoms with van der Waals surface area (Å²) in [7, 11) is 0. The maximum absolute atomic E-state index is 13.4. The van der Waals surface area contributed by atoms with Crippen molar-refractivity contribution in [2.75, 3.05) is 6.61 Å². The minimum atomic E-state index is -0.955. The number of ether oxygens (including phenoxy) is 2. The lowest BCUT2D eigenvalue weighted by atomic mass is 9.29. The van der Waals surface area contributed by atoms with Gasteiger partial charge >= 0.3 is 5.97 Å². The molecule has 2 heterocycles. The van der Waals surface area contributed by atoms with E-state index >= 15 is 0 Å². The molecule has 4 saturated carbocycles. The molecule has 5 fully saturated rings. The van der Waals surface area contributed by atoms with Crippen molar-refractivity contribution in [2.45, 2.75) is 58.7 Å². The molecule has 24 heavy (non-hydrogen) atoms. The van der Waals surface area contributed by atoms with Crippen molar-refractivity contribution in [1.82, 2.24) is 0 Å². The van der Waals surface area contributed by atoms with Crippen LogP contribution in [-0.4, -0.2) is 35.7 Å². The lowest BCUT2D eigenvalue weighted by molar-refractivity contribution is -0.263. The smallest absolute Gasteiger partial charge is 0.320 e. The Morgan fingerprint density at radius 3 is 2.79 bits per heavy atom. The van der Waals surface area contributed by atoms with Crippen LogP contribution in [0.5, 0.6) is 0 Å². The Bertz CT molecular complexity index is 713. The van der Waals surface area contributed by atoms with Crippen molar-refractivity contribution in [3.05, 3.63) is 11.8 Å². The lowest BCUT2D eigenvalue weighted by Crippen LogP contribution is -2.78. The first-order valence-corrected chi connectivity index (χ1v) is 8.99. The number of aliphatic hydroxyl groups excluding tert-OH is 1. The summed E-state index contributed by atoms with van der Waals surface area (Å²) < 4.78 is 11.6. The Morgan fingerprint density at radius 1 is 1.29 bits per heavy atom. The molecule has 7 atom stereocenters. The van der Waals surface area contributed by atoms with E-state index in [9.17, 15) is 14.7 Å². The largest absolute Gasteiger partial charge is 0.434 e. The van der Waals surface area contributed by atoms with Crippen LogP contribution in [-0.2, 0) is 19.1 Å². The molecule has 4 aliphatic carbocycles. The van der Waals surface area contributed by atoms with Gasteiger partial charge in [-0.05, 0) is 37.7 Å². The molecule has 5 nitrogen and oxygen atoms in total. The number of aliphatic hydroxyl groups is 1. The Balaban J connectivity index is 1.86. The molecule has 0 aromatic carbocycles. The number of fused-ring (bicyclic) bond motifs is 1. The van der Waals surface area contributed by atoms with E-state index in [2.05, 4.69) is 13.8 Å². The number of cyclic esters (lactones) is 1. The van der Waals surface area contributed by atoms with Gasteiger partial charge in [-0.15, -0.1) is 0 Å². The van der Waals surface area contributed by atoms with Crippen LogP contribution >= 0.6 is 0 Å². The van der Waals surface area contributed by atoms with Gasteiger partial charge in [0.05, 0.1) is 30.5 Å². The van der Waals surface area contributed by atoms with Crippen LogP contribution in [0.3, 0.4) is 0 Å². The van der Waals surface area contributed by atoms with Crippen LogP contribution in [0.25, 0.3) is 0 Å². The number of carbonyl (C=O) groups excluding carboxylic acids is 2. The predicted molar refractivity (Wildman–Crippen MR) is 83.6 cm³/mol. The molecule has 1 N–H and O–H groups in total. The average Bonchev–Trinajstić information content (AvgIpc) is 2.87. The summed E-state index contributed by atoms with van der Waals surface area (Å²) in [4.78, 5) is 26.3. The van der Waals surface area contributed by atoms with E-state index in [1.165, 1.54) is 6.26 Å². The van der Waals surface area contributed by atoms with Crippen LogP contribution in [0.4, 0.5) is 0 Å². The zero-order chi connectivity index (χ0) is 17.1. The number of Topliss-reactive ketones (excluding diaryl/α,β-unsaturated/α-hetero) is 1. The van der Waals surface area contributed by atoms with Crippen molar-refractivity contribution in [3.8, 4) is 0 Å². The molecule has 4 bridgehead atoms. The highest BCUT2D eigenvalue weighted by Gasteiger charge is 2.87. The van der Waals surface area contributed by atoms with Gasteiger partial charge in [-0.1, -0.05) is 13.8 Å². The highest BCUT2D eigenvalue weighted by molar-refractivity contribution is 6.01. The average molecular weight is 332 g/mol. The van der Waals surface area contributed by atoms with Gasteiger partial charge < -0.3 is 14.6 Å². The lowest BCUT2D eigenvalue weighted by Gasteiger charge is -2.72. The van der Waals surface area contributed by atoms with Crippen LogP contribution < -0.4 is 0 Å². The molecule has 6 rings (SSSR count). The Hall–Kier alpha value is -1.20. The van der Waals surface area contributed by atoms with Crippen molar-refractivity contribution < 1.29 is 24.2 Å².